The van der Waals surface area contributed by atoms with E-state index in [2.05, 4.69) is 10.0 Å². The van der Waals surface area contributed by atoms with Gasteiger partial charge in [0.1, 0.15) is 11.5 Å². The number of phenolic OH excluding ortho intramolecular Hbond substituents is 1. The topological polar surface area (TPSA) is 141 Å². The van der Waals surface area contributed by atoms with Gasteiger partial charge in [0.05, 0.1) is 18.0 Å². The molecule has 0 saturated heterocycles. The zero-order valence-corrected chi connectivity index (χ0v) is 25.7. The highest BCUT2D eigenvalue weighted by atomic mass is 32.2. The van der Waals surface area contributed by atoms with Gasteiger partial charge in [-0.1, -0.05) is 31.7 Å². The first-order chi connectivity index (χ1) is 19.6. The molecule has 0 aliphatic carbocycles. The molecule has 232 valence electrons. The number of furan rings is 1. The van der Waals surface area contributed by atoms with Crippen LogP contribution in [0.1, 0.15) is 93.2 Å². The summed E-state index contributed by atoms with van der Waals surface area (Å²) in [4.78, 5) is 14.1. The van der Waals surface area contributed by atoms with Crippen LogP contribution >= 0.6 is 0 Å². The fraction of sp³-hybridized carbons (Fsp3) is 0.633. The predicted octanol–water partition coefficient (Wildman–Crippen LogP) is 4.84. The third kappa shape index (κ3) is 13.7. The quantitative estimate of drug-likeness (QED) is 0.112. The lowest BCUT2D eigenvalue weighted by atomic mass is 10.1. The largest absolute Gasteiger partial charge is 0.506 e. The number of sulfonamides is 1. The number of hydrogen-bond donors (Lipinski definition) is 4. The predicted molar refractivity (Wildman–Crippen MR) is 162 cm³/mol. The third-order valence-corrected chi connectivity index (χ3v) is 7.41. The second kappa shape index (κ2) is 18.8. The normalized spacial score (nSPS) is 12.4. The van der Waals surface area contributed by atoms with Crippen molar-refractivity contribution in [1.29, 1.82) is 0 Å². The molecule has 4 N–H and O–H groups in total. The number of nitrogens with one attached hydrogen (secondary N) is 2. The van der Waals surface area contributed by atoms with Gasteiger partial charge in [-0.25, -0.2) is 8.42 Å². The summed E-state index contributed by atoms with van der Waals surface area (Å²) in [7, 11) is -3.53. The number of hydrogen-bond acceptors (Lipinski definition) is 8. The van der Waals surface area contributed by atoms with Gasteiger partial charge in [0.25, 0.3) is 5.91 Å². The molecule has 0 aliphatic rings. The van der Waals surface area contributed by atoms with E-state index >= 15 is 0 Å². The number of aliphatic hydroxyl groups is 1. The average Bonchev–Trinajstić information content (AvgIpc) is 3.40. The number of ether oxygens (including phenoxy) is 1. The molecule has 0 radical (unpaired) electrons. The minimum absolute atomic E-state index is 0.0419. The molecule has 2 aromatic rings. The minimum Gasteiger partial charge on any atom is -0.506 e. The van der Waals surface area contributed by atoms with Gasteiger partial charge in [0, 0.05) is 39.3 Å². The van der Waals surface area contributed by atoms with Crippen LogP contribution in [0.4, 0.5) is 5.69 Å². The molecule has 1 unspecified atom stereocenters. The van der Waals surface area contributed by atoms with E-state index in [1.54, 1.807) is 17.0 Å². The summed E-state index contributed by atoms with van der Waals surface area (Å²) in [5.74, 6) is 1.07. The van der Waals surface area contributed by atoms with E-state index in [0.717, 1.165) is 89.6 Å². The van der Waals surface area contributed by atoms with Crippen molar-refractivity contribution < 1.29 is 32.6 Å². The van der Waals surface area contributed by atoms with Gasteiger partial charge in [-0.3, -0.25) is 9.52 Å². The summed E-state index contributed by atoms with van der Waals surface area (Å²) in [5, 5.41) is 23.4. The number of amides is 1. The lowest BCUT2D eigenvalue weighted by molar-refractivity contribution is 0.0739. The number of aromatic hydroxyl groups is 1. The van der Waals surface area contributed by atoms with Crippen molar-refractivity contribution in [2.45, 2.75) is 77.7 Å². The van der Waals surface area contributed by atoms with E-state index in [4.69, 9.17) is 9.15 Å². The van der Waals surface area contributed by atoms with E-state index in [9.17, 15) is 23.4 Å². The summed E-state index contributed by atoms with van der Waals surface area (Å²) in [6, 6.07) is 8.07. The summed E-state index contributed by atoms with van der Waals surface area (Å²) >= 11 is 0. The van der Waals surface area contributed by atoms with Gasteiger partial charge < -0.3 is 29.6 Å². The molecule has 1 aromatic carbocycles. The Kier molecular flexibility index (Phi) is 15.8. The number of carbonyl (C=O) groups excluding carboxylic acids is 1. The maximum atomic E-state index is 12.3. The fourth-order valence-electron chi connectivity index (χ4n) is 4.46. The van der Waals surface area contributed by atoms with Crippen LogP contribution in [-0.2, 0) is 21.2 Å². The molecule has 1 aromatic heterocycles. The molecule has 11 heteroatoms. The van der Waals surface area contributed by atoms with E-state index < -0.39 is 16.1 Å². The molecular weight excluding hydrogens is 546 g/mol. The molecule has 0 bridgehead atoms. The Morgan fingerprint density at radius 1 is 0.976 bits per heavy atom. The van der Waals surface area contributed by atoms with Gasteiger partial charge in [0.15, 0.2) is 5.76 Å². The maximum Gasteiger partial charge on any atom is 0.289 e. The second-order valence-electron chi connectivity index (χ2n) is 10.3. The number of aryl methyl sites for hydroxylation is 1. The van der Waals surface area contributed by atoms with E-state index in [1.165, 1.54) is 12.1 Å². The van der Waals surface area contributed by atoms with Crippen LogP contribution in [0.3, 0.4) is 0 Å². The molecule has 0 fully saturated rings. The number of unbranched alkanes of at least 4 members (excludes halogenated alkanes) is 6. The highest BCUT2D eigenvalue weighted by Crippen LogP contribution is 2.27. The summed E-state index contributed by atoms with van der Waals surface area (Å²) < 4.78 is 36.6. The van der Waals surface area contributed by atoms with Crippen LogP contribution in [-0.4, -0.2) is 75.1 Å². The number of rotatable bonds is 22. The summed E-state index contributed by atoms with van der Waals surface area (Å²) in [5.41, 5.74) is 0.574. The Hall–Kier alpha value is -2.60. The highest BCUT2D eigenvalue weighted by molar-refractivity contribution is 7.92. The van der Waals surface area contributed by atoms with Crippen LogP contribution in [0.25, 0.3) is 0 Å². The molecule has 1 amide bonds. The van der Waals surface area contributed by atoms with Gasteiger partial charge in [0.2, 0.25) is 10.0 Å². The molecular formula is C30H49N3O7S. The minimum atomic E-state index is -3.53. The maximum absolute atomic E-state index is 12.3. The Bertz CT molecular complexity index is 1130. The van der Waals surface area contributed by atoms with Gasteiger partial charge in [-0.05, 0) is 75.9 Å². The number of nitrogens with zero attached hydrogens (tertiary/aromatic N) is 1. The van der Waals surface area contributed by atoms with E-state index in [0.29, 0.717) is 31.0 Å². The van der Waals surface area contributed by atoms with Crippen LogP contribution in [0, 0.1) is 0 Å². The zero-order valence-electron chi connectivity index (χ0n) is 24.9. The van der Waals surface area contributed by atoms with Gasteiger partial charge in [-0.15, -0.1) is 0 Å². The number of aliphatic hydroxyl groups excluding tert-OH is 1. The molecule has 10 nitrogen and oxygen atoms in total. The Morgan fingerprint density at radius 3 is 2.29 bits per heavy atom. The SMILES string of the molecule is CCN(CC)C(=O)c1ccc(CCCCCCOCCCCCCNCC(O)c2ccc(O)c(NS(C)(=O)=O)c2)o1. The van der Waals surface area contributed by atoms with Crippen LogP contribution < -0.4 is 10.0 Å². The molecule has 0 spiro atoms. The molecule has 2 rings (SSSR count). The molecule has 0 saturated carbocycles. The van der Waals surface area contributed by atoms with Crippen molar-refractivity contribution in [3.05, 3.63) is 47.4 Å². The van der Waals surface area contributed by atoms with Crippen LogP contribution in [0.5, 0.6) is 5.75 Å². The standard InChI is InChI=1S/C30H49N3O7S/c1-4-33(5-2)30(36)29-18-16-25(40-29)14-10-6-8-12-20-39-21-13-9-7-11-19-31-23-28(35)24-15-17-27(34)26(22-24)32-41(3,37)38/h15-18,22,28,31-32,34-35H,4-14,19-21,23H2,1-3H3. The van der Waals surface area contributed by atoms with E-state index in [-0.39, 0.29) is 17.3 Å². The molecule has 1 heterocycles. The Balaban J connectivity index is 1.42. The van der Waals surface area contributed by atoms with Crippen molar-refractivity contribution in [2.24, 2.45) is 0 Å². The lowest BCUT2D eigenvalue weighted by Gasteiger charge is -2.16. The number of benzene rings is 1. The molecule has 1 atom stereocenters. The fourth-order valence-corrected chi connectivity index (χ4v) is 5.02. The average molecular weight is 596 g/mol. The molecule has 0 aliphatic heterocycles. The van der Waals surface area contributed by atoms with Crippen LogP contribution in [0.15, 0.2) is 34.7 Å². The Morgan fingerprint density at radius 2 is 1.63 bits per heavy atom. The summed E-state index contributed by atoms with van der Waals surface area (Å²) in [6.07, 6.45) is 9.52. The van der Waals surface area contributed by atoms with Crippen molar-refractivity contribution in [3.63, 3.8) is 0 Å². The first-order valence-corrected chi connectivity index (χ1v) is 16.7. The second-order valence-corrected chi connectivity index (χ2v) is 12.1. The summed E-state index contributed by atoms with van der Waals surface area (Å²) in [6.45, 7) is 7.96. The number of anilines is 1. The van der Waals surface area contributed by atoms with Crippen molar-refractivity contribution in [3.8, 4) is 5.75 Å². The van der Waals surface area contributed by atoms with E-state index in [1.807, 2.05) is 19.9 Å². The van der Waals surface area contributed by atoms with Gasteiger partial charge in [-0.2, -0.15) is 0 Å². The first-order valence-electron chi connectivity index (χ1n) is 14.8. The van der Waals surface area contributed by atoms with Gasteiger partial charge >= 0.3 is 0 Å². The van der Waals surface area contributed by atoms with Crippen molar-refractivity contribution in [2.75, 3.05) is 50.4 Å². The van der Waals surface area contributed by atoms with Crippen LogP contribution in [0.2, 0.25) is 0 Å². The van der Waals surface area contributed by atoms with Crippen molar-refractivity contribution in [1.82, 2.24) is 10.2 Å². The molecule has 41 heavy (non-hydrogen) atoms. The number of carbonyl (C=O) groups is 1. The van der Waals surface area contributed by atoms with Crippen molar-refractivity contribution >= 4 is 21.6 Å². The number of phenols is 1. The smallest absolute Gasteiger partial charge is 0.289 e. The Labute approximate surface area is 245 Å². The third-order valence-electron chi connectivity index (χ3n) is 6.82. The first kappa shape index (κ1) is 34.6. The lowest BCUT2D eigenvalue weighted by Crippen LogP contribution is -2.30. The zero-order chi connectivity index (χ0) is 30.1. The monoisotopic (exact) mass is 595 g/mol. The highest BCUT2D eigenvalue weighted by Gasteiger charge is 2.16.